The predicted octanol–water partition coefficient (Wildman–Crippen LogP) is 4.39. The molecular weight excluding hydrogens is 334 g/mol. The van der Waals surface area contributed by atoms with Gasteiger partial charge in [-0.25, -0.2) is 4.79 Å². The van der Waals surface area contributed by atoms with Gasteiger partial charge in [-0.1, -0.05) is 23.8 Å². The van der Waals surface area contributed by atoms with Crippen molar-refractivity contribution in [1.29, 1.82) is 0 Å². The largest absolute Gasteiger partial charge is 0.462 e. The molecule has 0 unspecified atom stereocenters. The Kier molecular flexibility index (Phi) is 5.80. The van der Waals surface area contributed by atoms with Crippen molar-refractivity contribution in [1.82, 2.24) is 0 Å². The number of aryl methyl sites for hydroxylation is 2. The van der Waals surface area contributed by atoms with E-state index in [1.807, 2.05) is 31.4 Å². The molecule has 6 heteroatoms. The van der Waals surface area contributed by atoms with E-state index in [-0.39, 0.29) is 18.4 Å². The molecule has 23 heavy (non-hydrogen) atoms. The van der Waals surface area contributed by atoms with Crippen LogP contribution in [0.2, 0.25) is 0 Å². The summed E-state index contributed by atoms with van der Waals surface area (Å²) in [5.41, 5.74) is 4.29. The minimum atomic E-state index is -0.450. The Balaban J connectivity index is 2.54. The lowest BCUT2D eigenvalue weighted by Gasteiger charge is -2.10. The van der Waals surface area contributed by atoms with Crippen molar-refractivity contribution in [3.05, 3.63) is 40.3 Å². The fourth-order valence-corrected chi connectivity index (χ4v) is 3.36. The summed E-state index contributed by atoms with van der Waals surface area (Å²) in [5, 5.41) is 4.98. The van der Waals surface area contributed by atoms with E-state index >= 15 is 0 Å². The number of hydrogen-bond acceptors (Lipinski definition) is 4. The smallest absolute Gasteiger partial charge is 0.341 e. The molecule has 4 nitrogen and oxygen atoms in total. The molecule has 0 aliphatic carbocycles. The van der Waals surface area contributed by atoms with Crippen LogP contribution >= 0.6 is 22.9 Å². The molecule has 0 fully saturated rings. The molecule has 0 saturated carbocycles. The zero-order chi connectivity index (χ0) is 17.0. The summed E-state index contributed by atoms with van der Waals surface area (Å²) >= 11 is 6.83. The van der Waals surface area contributed by atoms with E-state index in [1.54, 1.807) is 6.92 Å². The fourth-order valence-electron chi connectivity index (χ4n) is 2.33. The molecule has 2 aromatic rings. The molecule has 0 aliphatic rings. The van der Waals surface area contributed by atoms with Gasteiger partial charge >= 0.3 is 5.97 Å². The Bertz CT molecular complexity index is 739. The molecule has 1 amide bonds. The summed E-state index contributed by atoms with van der Waals surface area (Å²) in [7, 11) is 0. The van der Waals surface area contributed by atoms with Gasteiger partial charge in [0.2, 0.25) is 5.91 Å². The Labute approximate surface area is 144 Å². The van der Waals surface area contributed by atoms with Crippen molar-refractivity contribution in [2.75, 3.05) is 17.8 Å². The van der Waals surface area contributed by atoms with Gasteiger partial charge in [0, 0.05) is 10.9 Å². The van der Waals surface area contributed by atoms with Crippen LogP contribution in [0, 0.1) is 13.8 Å². The average Bonchev–Trinajstić information content (AvgIpc) is 2.90. The summed E-state index contributed by atoms with van der Waals surface area (Å²) in [5.74, 6) is -0.973. The summed E-state index contributed by atoms with van der Waals surface area (Å²) < 4.78 is 5.15. The monoisotopic (exact) mass is 351 g/mol. The maximum Gasteiger partial charge on any atom is 0.341 e. The Morgan fingerprint density at radius 1 is 1.26 bits per heavy atom. The average molecular weight is 352 g/mol. The number of esters is 1. The van der Waals surface area contributed by atoms with Gasteiger partial charge in [-0.3, -0.25) is 4.79 Å². The summed E-state index contributed by atoms with van der Waals surface area (Å²) in [6.45, 7) is 6.02. The maximum atomic E-state index is 12.4. The number of thiophene rings is 1. The molecule has 2 rings (SSSR count). The molecule has 0 aliphatic heterocycles. The molecule has 1 N–H and O–H groups in total. The molecular formula is C17H18ClNO3S. The van der Waals surface area contributed by atoms with Gasteiger partial charge in [0.15, 0.2) is 0 Å². The summed E-state index contributed by atoms with van der Waals surface area (Å²) in [6.07, 6.45) is 0. The van der Waals surface area contributed by atoms with Gasteiger partial charge in [-0.2, -0.15) is 0 Å². The van der Waals surface area contributed by atoms with Crippen LogP contribution in [0.4, 0.5) is 5.00 Å². The Hall–Kier alpha value is -1.85. The number of amides is 1. The molecule has 0 bridgehead atoms. The summed E-state index contributed by atoms with van der Waals surface area (Å²) in [4.78, 5) is 24.0. The van der Waals surface area contributed by atoms with E-state index in [2.05, 4.69) is 11.4 Å². The van der Waals surface area contributed by atoms with Crippen molar-refractivity contribution in [3.63, 3.8) is 0 Å². The molecule has 1 heterocycles. The topological polar surface area (TPSA) is 55.4 Å². The van der Waals surface area contributed by atoms with Gasteiger partial charge in [-0.15, -0.1) is 22.9 Å². The second kappa shape index (κ2) is 7.62. The van der Waals surface area contributed by atoms with Crippen LogP contribution in [0.1, 0.15) is 28.4 Å². The SMILES string of the molecule is CCOC(=O)c1c(-c2ccc(C)cc2C)csc1NC(=O)CCl. The minimum absolute atomic E-state index is 0.168. The van der Waals surface area contributed by atoms with Crippen molar-refractivity contribution >= 4 is 39.8 Å². The highest BCUT2D eigenvalue weighted by Gasteiger charge is 2.23. The molecule has 0 radical (unpaired) electrons. The van der Waals surface area contributed by atoms with E-state index < -0.39 is 5.97 Å². The molecule has 1 aromatic carbocycles. The van der Waals surface area contributed by atoms with Crippen LogP contribution in [0.3, 0.4) is 0 Å². The first-order valence-corrected chi connectivity index (χ1v) is 8.61. The third-order valence-electron chi connectivity index (χ3n) is 3.32. The Morgan fingerprint density at radius 3 is 2.61 bits per heavy atom. The molecule has 0 saturated heterocycles. The van der Waals surface area contributed by atoms with Gasteiger partial charge in [0.1, 0.15) is 16.4 Å². The van der Waals surface area contributed by atoms with Gasteiger partial charge in [0.25, 0.3) is 0 Å². The number of anilines is 1. The number of hydrogen-bond donors (Lipinski definition) is 1. The number of benzene rings is 1. The van der Waals surface area contributed by atoms with Crippen LogP contribution in [0.15, 0.2) is 23.6 Å². The third-order valence-corrected chi connectivity index (χ3v) is 4.46. The lowest BCUT2D eigenvalue weighted by atomic mass is 9.97. The van der Waals surface area contributed by atoms with E-state index in [0.717, 1.165) is 22.3 Å². The zero-order valence-corrected chi connectivity index (χ0v) is 14.8. The van der Waals surface area contributed by atoms with E-state index in [4.69, 9.17) is 16.3 Å². The van der Waals surface area contributed by atoms with E-state index in [0.29, 0.717) is 10.6 Å². The number of nitrogens with one attached hydrogen (secondary N) is 1. The van der Waals surface area contributed by atoms with Crippen LogP contribution in [0.5, 0.6) is 0 Å². The van der Waals surface area contributed by atoms with Crippen molar-refractivity contribution in [3.8, 4) is 11.1 Å². The highest BCUT2D eigenvalue weighted by Crippen LogP contribution is 2.37. The third kappa shape index (κ3) is 3.92. The second-order valence-corrected chi connectivity index (χ2v) is 6.22. The lowest BCUT2D eigenvalue weighted by molar-refractivity contribution is -0.113. The lowest BCUT2D eigenvalue weighted by Crippen LogP contribution is -2.15. The number of alkyl halides is 1. The quantitative estimate of drug-likeness (QED) is 0.642. The maximum absolute atomic E-state index is 12.4. The fraction of sp³-hybridized carbons (Fsp3) is 0.294. The van der Waals surface area contributed by atoms with Crippen LogP contribution in [0.25, 0.3) is 11.1 Å². The van der Waals surface area contributed by atoms with Gasteiger partial charge < -0.3 is 10.1 Å². The Morgan fingerprint density at radius 2 is 2.00 bits per heavy atom. The summed E-state index contributed by atoms with van der Waals surface area (Å²) in [6, 6.07) is 6.02. The van der Waals surface area contributed by atoms with Crippen molar-refractivity contribution in [2.45, 2.75) is 20.8 Å². The number of ether oxygens (including phenoxy) is 1. The standard InChI is InChI=1S/C17H18ClNO3S/c1-4-22-17(21)15-13(9-23-16(15)19-14(20)8-18)12-6-5-10(2)7-11(12)3/h5-7,9H,4,8H2,1-3H3,(H,19,20). The van der Waals surface area contributed by atoms with Crippen molar-refractivity contribution in [2.24, 2.45) is 0 Å². The van der Waals surface area contributed by atoms with Crippen LogP contribution in [-0.4, -0.2) is 24.4 Å². The first-order chi connectivity index (χ1) is 11.0. The first kappa shape index (κ1) is 17.5. The van der Waals surface area contributed by atoms with Crippen LogP contribution < -0.4 is 5.32 Å². The number of halogens is 1. The van der Waals surface area contributed by atoms with E-state index in [9.17, 15) is 9.59 Å². The second-order valence-electron chi connectivity index (χ2n) is 5.07. The predicted molar refractivity (Wildman–Crippen MR) is 94.5 cm³/mol. The molecule has 0 spiro atoms. The van der Waals surface area contributed by atoms with Gasteiger partial charge in [0.05, 0.1) is 6.61 Å². The van der Waals surface area contributed by atoms with Gasteiger partial charge in [-0.05, 0) is 31.9 Å². The first-order valence-electron chi connectivity index (χ1n) is 7.20. The molecule has 0 atom stereocenters. The van der Waals surface area contributed by atoms with Crippen LogP contribution in [-0.2, 0) is 9.53 Å². The highest BCUT2D eigenvalue weighted by atomic mass is 35.5. The van der Waals surface area contributed by atoms with E-state index in [1.165, 1.54) is 11.3 Å². The zero-order valence-electron chi connectivity index (χ0n) is 13.2. The normalized spacial score (nSPS) is 10.4. The number of rotatable bonds is 5. The number of carbonyl (C=O) groups is 2. The molecule has 1 aromatic heterocycles. The minimum Gasteiger partial charge on any atom is -0.462 e. The highest BCUT2D eigenvalue weighted by molar-refractivity contribution is 7.15. The van der Waals surface area contributed by atoms with Crippen molar-refractivity contribution < 1.29 is 14.3 Å². The number of carbonyl (C=O) groups excluding carboxylic acids is 2. The molecule has 122 valence electrons.